The number of hydrogen-bond acceptors (Lipinski definition) is 2. The van der Waals surface area contributed by atoms with Crippen LogP contribution in [0.2, 0.25) is 0 Å². The summed E-state index contributed by atoms with van der Waals surface area (Å²) in [5, 5.41) is 3.06. The zero-order valence-electron chi connectivity index (χ0n) is 10.4. The summed E-state index contributed by atoms with van der Waals surface area (Å²) in [6.45, 7) is 0. The lowest BCUT2D eigenvalue weighted by Gasteiger charge is -2.10. The molecule has 0 spiro atoms. The van der Waals surface area contributed by atoms with E-state index in [9.17, 15) is 8.78 Å². The molecule has 3 nitrogen and oxygen atoms in total. The second-order valence-corrected chi connectivity index (χ2v) is 4.18. The maximum atomic E-state index is 13.8. The van der Waals surface area contributed by atoms with Gasteiger partial charge in [-0.2, -0.15) is 0 Å². The highest BCUT2D eigenvalue weighted by Gasteiger charge is 2.12. The Bertz CT molecular complexity index is 723. The molecule has 0 amide bonds. The molecule has 20 heavy (non-hydrogen) atoms. The summed E-state index contributed by atoms with van der Waals surface area (Å²) in [6, 6.07) is 13.4. The third-order valence-corrected chi connectivity index (χ3v) is 2.86. The molecule has 0 fully saturated rings. The summed E-state index contributed by atoms with van der Waals surface area (Å²) in [4.78, 5) is 4.12. The van der Waals surface area contributed by atoms with Gasteiger partial charge in [0.25, 0.3) is 0 Å². The van der Waals surface area contributed by atoms with Crippen LogP contribution < -0.4 is 5.32 Å². The normalized spacial score (nSPS) is 10.5. The van der Waals surface area contributed by atoms with E-state index in [4.69, 9.17) is 0 Å². The Morgan fingerprint density at radius 2 is 1.75 bits per heavy atom. The summed E-state index contributed by atoms with van der Waals surface area (Å²) < 4.78 is 28.6. The van der Waals surface area contributed by atoms with Crippen molar-refractivity contribution in [3.63, 3.8) is 0 Å². The maximum Gasteiger partial charge on any atom is 0.212 e. The smallest absolute Gasteiger partial charge is 0.212 e. The fourth-order valence-corrected chi connectivity index (χ4v) is 1.92. The van der Waals surface area contributed by atoms with Gasteiger partial charge in [0.05, 0.1) is 5.69 Å². The first-order chi connectivity index (χ1) is 9.75. The lowest BCUT2D eigenvalue weighted by Crippen LogP contribution is -2.04. The first-order valence-corrected chi connectivity index (χ1v) is 6.05. The molecule has 5 heteroatoms. The Balaban J connectivity index is 2.00. The summed E-state index contributed by atoms with van der Waals surface area (Å²) in [5.74, 6) is -1.37. The van der Waals surface area contributed by atoms with Crippen LogP contribution in [0.5, 0.6) is 0 Å². The van der Waals surface area contributed by atoms with E-state index in [1.807, 2.05) is 30.3 Å². The number of hydrogen-bond donors (Lipinski definition) is 1. The summed E-state index contributed by atoms with van der Waals surface area (Å²) in [7, 11) is 0. The van der Waals surface area contributed by atoms with Crippen molar-refractivity contribution < 1.29 is 8.78 Å². The molecular formula is C15H11F2N3. The second-order valence-electron chi connectivity index (χ2n) is 4.18. The van der Waals surface area contributed by atoms with Gasteiger partial charge in [-0.05, 0) is 24.3 Å². The van der Waals surface area contributed by atoms with Gasteiger partial charge < -0.3 is 5.32 Å². The minimum atomic E-state index is -0.901. The number of imidazole rings is 1. The van der Waals surface area contributed by atoms with Crippen molar-refractivity contribution >= 4 is 11.6 Å². The van der Waals surface area contributed by atoms with E-state index in [0.29, 0.717) is 5.95 Å². The third kappa shape index (κ3) is 2.25. The van der Waals surface area contributed by atoms with Crippen LogP contribution in [0.25, 0.3) is 5.69 Å². The maximum absolute atomic E-state index is 13.8. The zero-order chi connectivity index (χ0) is 13.9. The zero-order valence-corrected chi connectivity index (χ0v) is 10.4. The Morgan fingerprint density at radius 1 is 0.950 bits per heavy atom. The predicted octanol–water partition coefficient (Wildman–Crippen LogP) is 3.89. The van der Waals surface area contributed by atoms with Gasteiger partial charge in [0.1, 0.15) is 0 Å². The Kier molecular flexibility index (Phi) is 3.16. The Hall–Kier alpha value is -2.69. The van der Waals surface area contributed by atoms with Crippen molar-refractivity contribution in [3.8, 4) is 5.69 Å². The molecular weight excluding hydrogens is 260 g/mol. The fraction of sp³-hybridized carbons (Fsp3) is 0. The van der Waals surface area contributed by atoms with E-state index in [1.54, 1.807) is 6.20 Å². The van der Waals surface area contributed by atoms with Crippen LogP contribution in [-0.4, -0.2) is 9.55 Å². The lowest BCUT2D eigenvalue weighted by molar-refractivity contribution is 0.504. The van der Waals surface area contributed by atoms with Gasteiger partial charge in [0.2, 0.25) is 5.95 Å². The molecule has 100 valence electrons. The first kappa shape index (κ1) is 12.3. The van der Waals surface area contributed by atoms with Gasteiger partial charge in [0.15, 0.2) is 11.6 Å². The van der Waals surface area contributed by atoms with Gasteiger partial charge in [-0.15, -0.1) is 0 Å². The van der Waals surface area contributed by atoms with Crippen LogP contribution in [0.3, 0.4) is 0 Å². The van der Waals surface area contributed by atoms with Gasteiger partial charge in [-0.1, -0.05) is 24.3 Å². The second kappa shape index (κ2) is 5.13. The molecule has 0 aliphatic carbocycles. The number of benzene rings is 2. The van der Waals surface area contributed by atoms with Crippen LogP contribution in [0.4, 0.5) is 20.4 Å². The largest absolute Gasteiger partial charge is 0.325 e. The molecule has 1 aromatic heterocycles. The van der Waals surface area contributed by atoms with E-state index < -0.39 is 11.6 Å². The van der Waals surface area contributed by atoms with Gasteiger partial charge >= 0.3 is 0 Å². The van der Waals surface area contributed by atoms with Crippen molar-refractivity contribution in [1.82, 2.24) is 9.55 Å². The van der Waals surface area contributed by atoms with Gasteiger partial charge in [-0.25, -0.2) is 13.8 Å². The van der Waals surface area contributed by atoms with Crippen molar-refractivity contribution in [2.45, 2.75) is 0 Å². The number of halogens is 2. The van der Waals surface area contributed by atoms with Crippen molar-refractivity contribution in [3.05, 3.63) is 72.6 Å². The molecule has 0 bridgehead atoms. The SMILES string of the molecule is Fc1cccc(-n2ccnc2Nc2ccccc2)c1F. The number of nitrogens with one attached hydrogen (secondary N) is 1. The number of rotatable bonds is 3. The Labute approximate surface area is 114 Å². The summed E-state index contributed by atoms with van der Waals surface area (Å²) >= 11 is 0. The van der Waals surface area contributed by atoms with E-state index in [1.165, 1.54) is 22.9 Å². The molecule has 0 aliphatic heterocycles. The quantitative estimate of drug-likeness (QED) is 0.783. The third-order valence-electron chi connectivity index (χ3n) is 2.86. The van der Waals surface area contributed by atoms with Gasteiger partial charge in [-0.3, -0.25) is 4.57 Å². The standard InChI is InChI=1S/C15H11F2N3/c16-12-7-4-8-13(14(12)17)20-10-9-18-15(20)19-11-5-2-1-3-6-11/h1-10H,(H,18,19). The molecule has 0 aliphatic rings. The molecule has 0 saturated heterocycles. The number of anilines is 2. The molecule has 1 N–H and O–H groups in total. The average molecular weight is 271 g/mol. The minimum Gasteiger partial charge on any atom is -0.325 e. The topological polar surface area (TPSA) is 29.9 Å². The highest BCUT2D eigenvalue weighted by Crippen LogP contribution is 2.22. The van der Waals surface area contributed by atoms with Crippen LogP contribution in [0, 0.1) is 11.6 Å². The van der Waals surface area contributed by atoms with E-state index >= 15 is 0 Å². The van der Waals surface area contributed by atoms with E-state index in [0.717, 1.165) is 11.8 Å². The van der Waals surface area contributed by atoms with Crippen LogP contribution in [-0.2, 0) is 0 Å². The minimum absolute atomic E-state index is 0.112. The molecule has 0 atom stereocenters. The average Bonchev–Trinajstić information content (AvgIpc) is 2.91. The molecule has 0 unspecified atom stereocenters. The lowest BCUT2D eigenvalue weighted by atomic mass is 10.3. The molecule has 3 rings (SSSR count). The molecule has 2 aromatic carbocycles. The van der Waals surface area contributed by atoms with E-state index in [-0.39, 0.29) is 5.69 Å². The summed E-state index contributed by atoms with van der Waals surface area (Å²) in [6.07, 6.45) is 3.10. The monoisotopic (exact) mass is 271 g/mol. The van der Waals surface area contributed by atoms with Crippen LogP contribution >= 0.6 is 0 Å². The highest BCUT2D eigenvalue weighted by molar-refractivity contribution is 5.55. The molecule has 0 radical (unpaired) electrons. The van der Waals surface area contributed by atoms with Gasteiger partial charge in [0, 0.05) is 18.1 Å². The number of para-hydroxylation sites is 1. The summed E-state index contributed by atoms with van der Waals surface area (Å²) in [5.41, 5.74) is 0.928. The fourth-order valence-electron chi connectivity index (χ4n) is 1.92. The van der Waals surface area contributed by atoms with Crippen molar-refractivity contribution in [2.24, 2.45) is 0 Å². The highest BCUT2D eigenvalue weighted by atomic mass is 19.2. The first-order valence-electron chi connectivity index (χ1n) is 6.05. The predicted molar refractivity (Wildman–Crippen MR) is 73.2 cm³/mol. The Morgan fingerprint density at radius 3 is 2.55 bits per heavy atom. The molecule has 0 saturated carbocycles. The molecule has 3 aromatic rings. The number of nitrogens with zero attached hydrogens (tertiary/aromatic N) is 2. The van der Waals surface area contributed by atoms with Crippen molar-refractivity contribution in [1.29, 1.82) is 0 Å². The van der Waals surface area contributed by atoms with Crippen molar-refractivity contribution in [2.75, 3.05) is 5.32 Å². The van der Waals surface area contributed by atoms with E-state index in [2.05, 4.69) is 10.3 Å². The molecule has 1 heterocycles. The van der Waals surface area contributed by atoms with Crippen LogP contribution in [0.1, 0.15) is 0 Å². The number of aromatic nitrogens is 2. The van der Waals surface area contributed by atoms with Crippen LogP contribution in [0.15, 0.2) is 60.9 Å².